The molecule has 1 aromatic rings. The summed E-state index contributed by atoms with van der Waals surface area (Å²) in [6, 6.07) is 3.73. The number of aryl methyl sites for hydroxylation is 1. The predicted octanol–water partition coefficient (Wildman–Crippen LogP) is 3.47. The van der Waals surface area contributed by atoms with Crippen LogP contribution in [0, 0.1) is 0 Å². The molecular formula is C13H17BrO3. The maximum absolute atomic E-state index is 10.8. The summed E-state index contributed by atoms with van der Waals surface area (Å²) in [5, 5.41) is 18.9. The molecule has 0 aliphatic rings. The van der Waals surface area contributed by atoms with E-state index in [-0.39, 0.29) is 12.2 Å². The lowest BCUT2D eigenvalue weighted by Crippen LogP contribution is -2.22. The lowest BCUT2D eigenvalue weighted by molar-refractivity contribution is -0.138. The number of carboxylic acids is 1. The van der Waals surface area contributed by atoms with Gasteiger partial charge < -0.3 is 10.2 Å². The number of hydrogen-bond acceptors (Lipinski definition) is 2. The van der Waals surface area contributed by atoms with Gasteiger partial charge in [-0.2, -0.15) is 0 Å². The maximum Gasteiger partial charge on any atom is 0.304 e. The average Bonchev–Trinajstić information content (AvgIpc) is 2.19. The number of phenols is 1. The van der Waals surface area contributed by atoms with E-state index in [0.29, 0.717) is 10.0 Å². The minimum Gasteiger partial charge on any atom is -0.506 e. The average molecular weight is 301 g/mol. The number of benzene rings is 1. The highest BCUT2D eigenvalue weighted by Crippen LogP contribution is 2.39. The van der Waals surface area contributed by atoms with Crippen LogP contribution in [0.2, 0.25) is 0 Å². The van der Waals surface area contributed by atoms with E-state index in [1.165, 1.54) is 0 Å². The molecule has 0 saturated heterocycles. The van der Waals surface area contributed by atoms with E-state index in [4.69, 9.17) is 5.11 Å². The zero-order valence-electron chi connectivity index (χ0n) is 10.2. The molecule has 94 valence electrons. The number of aromatic hydroxyl groups is 1. The van der Waals surface area contributed by atoms with Gasteiger partial charge in [0.15, 0.2) is 0 Å². The van der Waals surface area contributed by atoms with Crippen molar-refractivity contribution in [3.63, 3.8) is 0 Å². The SMILES string of the molecule is CCc1cc(Br)c(O)c(C(C)(C)CC(=O)O)c1. The van der Waals surface area contributed by atoms with Crippen LogP contribution in [0.1, 0.15) is 38.3 Å². The highest BCUT2D eigenvalue weighted by molar-refractivity contribution is 9.10. The van der Waals surface area contributed by atoms with E-state index < -0.39 is 11.4 Å². The Hall–Kier alpha value is -1.03. The third-order valence-electron chi connectivity index (χ3n) is 2.85. The number of hydrogen-bond donors (Lipinski definition) is 2. The molecule has 0 atom stereocenters. The first-order chi connectivity index (χ1) is 7.77. The standard InChI is InChI=1S/C13H17BrO3/c1-4-8-5-9(12(17)10(14)6-8)13(2,3)7-11(15)16/h5-6,17H,4,7H2,1-3H3,(H,15,16). The van der Waals surface area contributed by atoms with Gasteiger partial charge in [-0.15, -0.1) is 0 Å². The number of aliphatic carboxylic acids is 1. The highest BCUT2D eigenvalue weighted by atomic mass is 79.9. The molecule has 0 heterocycles. The maximum atomic E-state index is 10.8. The van der Waals surface area contributed by atoms with E-state index in [1.54, 1.807) is 0 Å². The quantitative estimate of drug-likeness (QED) is 0.895. The third-order valence-corrected chi connectivity index (χ3v) is 3.46. The second-order valence-corrected chi connectivity index (χ2v) is 5.64. The Kier molecular flexibility index (Phi) is 4.20. The molecule has 0 aliphatic heterocycles. The Morgan fingerprint density at radius 1 is 1.41 bits per heavy atom. The van der Waals surface area contributed by atoms with Crippen molar-refractivity contribution in [1.82, 2.24) is 0 Å². The fraction of sp³-hybridized carbons (Fsp3) is 0.462. The zero-order valence-corrected chi connectivity index (χ0v) is 11.8. The first-order valence-electron chi connectivity index (χ1n) is 5.51. The Balaban J connectivity index is 3.28. The number of carboxylic acid groups (broad SMARTS) is 1. The Labute approximate surface area is 110 Å². The van der Waals surface area contributed by atoms with Crippen LogP contribution in [0.5, 0.6) is 5.75 Å². The summed E-state index contributed by atoms with van der Waals surface area (Å²) in [6.45, 7) is 5.66. The molecule has 0 saturated carbocycles. The molecule has 1 aromatic carbocycles. The first kappa shape index (κ1) is 14.0. The van der Waals surface area contributed by atoms with Gasteiger partial charge >= 0.3 is 5.97 Å². The van der Waals surface area contributed by atoms with Gasteiger partial charge in [0, 0.05) is 11.0 Å². The molecule has 0 bridgehead atoms. The van der Waals surface area contributed by atoms with E-state index in [9.17, 15) is 9.90 Å². The normalized spacial score (nSPS) is 11.5. The van der Waals surface area contributed by atoms with Gasteiger partial charge in [0.05, 0.1) is 10.9 Å². The Bertz CT molecular complexity index is 439. The van der Waals surface area contributed by atoms with Crippen molar-refractivity contribution in [2.45, 2.75) is 39.0 Å². The second kappa shape index (κ2) is 5.08. The zero-order chi connectivity index (χ0) is 13.2. The van der Waals surface area contributed by atoms with Crippen molar-refractivity contribution in [1.29, 1.82) is 0 Å². The van der Waals surface area contributed by atoms with Gasteiger partial charge in [0.2, 0.25) is 0 Å². The van der Waals surface area contributed by atoms with Crippen molar-refractivity contribution in [2.24, 2.45) is 0 Å². The van der Waals surface area contributed by atoms with Crippen molar-refractivity contribution in [2.75, 3.05) is 0 Å². The van der Waals surface area contributed by atoms with Crippen LogP contribution in [0.4, 0.5) is 0 Å². The number of halogens is 1. The van der Waals surface area contributed by atoms with Gasteiger partial charge in [-0.25, -0.2) is 0 Å². The first-order valence-corrected chi connectivity index (χ1v) is 6.31. The highest BCUT2D eigenvalue weighted by Gasteiger charge is 2.28. The van der Waals surface area contributed by atoms with E-state index >= 15 is 0 Å². The lowest BCUT2D eigenvalue weighted by Gasteiger charge is -2.25. The summed E-state index contributed by atoms with van der Waals surface area (Å²) in [7, 11) is 0. The fourth-order valence-corrected chi connectivity index (χ4v) is 2.36. The topological polar surface area (TPSA) is 57.5 Å². The molecule has 1 rings (SSSR count). The van der Waals surface area contributed by atoms with Crippen LogP contribution in [-0.2, 0) is 16.6 Å². The van der Waals surface area contributed by atoms with Gasteiger partial charge in [-0.3, -0.25) is 4.79 Å². The fourth-order valence-electron chi connectivity index (χ4n) is 1.85. The van der Waals surface area contributed by atoms with Gasteiger partial charge in [-0.1, -0.05) is 26.8 Å². The van der Waals surface area contributed by atoms with Crippen LogP contribution >= 0.6 is 15.9 Å². The molecular weight excluding hydrogens is 284 g/mol. The molecule has 0 amide bonds. The molecule has 4 heteroatoms. The molecule has 3 nitrogen and oxygen atoms in total. The van der Waals surface area contributed by atoms with Crippen LogP contribution < -0.4 is 0 Å². The minimum absolute atomic E-state index is 0.0137. The van der Waals surface area contributed by atoms with Crippen molar-refractivity contribution in [3.05, 3.63) is 27.7 Å². The summed E-state index contributed by atoms with van der Waals surface area (Å²) in [5.74, 6) is -0.735. The lowest BCUT2D eigenvalue weighted by atomic mass is 9.80. The monoisotopic (exact) mass is 300 g/mol. The summed E-state index contributed by atoms with van der Waals surface area (Å²) in [5.41, 5.74) is 1.15. The van der Waals surface area contributed by atoms with Crippen LogP contribution in [0.3, 0.4) is 0 Å². The van der Waals surface area contributed by atoms with Gasteiger partial charge in [0.1, 0.15) is 5.75 Å². The summed E-state index contributed by atoms with van der Waals surface area (Å²) in [6.07, 6.45) is 0.829. The molecule has 2 N–H and O–H groups in total. The van der Waals surface area contributed by atoms with Crippen molar-refractivity contribution in [3.8, 4) is 5.75 Å². The number of carbonyl (C=O) groups is 1. The second-order valence-electron chi connectivity index (χ2n) is 4.78. The van der Waals surface area contributed by atoms with E-state index in [0.717, 1.165) is 12.0 Å². The van der Waals surface area contributed by atoms with Gasteiger partial charge in [-0.05, 0) is 34.0 Å². The smallest absolute Gasteiger partial charge is 0.304 e. The van der Waals surface area contributed by atoms with E-state index in [2.05, 4.69) is 15.9 Å². The molecule has 0 fully saturated rings. The Morgan fingerprint density at radius 3 is 2.47 bits per heavy atom. The molecule has 0 aromatic heterocycles. The molecule has 0 unspecified atom stereocenters. The Morgan fingerprint density at radius 2 is 2.00 bits per heavy atom. The number of phenolic OH excluding ortho intramolecular Hbond substituents is 1. The van der Waals surface area contributed by atoms with Gasteiger partial charge in [0.25, 0.3) is 0 Å². The molecule has 0 aliphatic carbocycles. The summed E-state index contributed by atoms with van der Waals surface area (Å²) < 4.78 is 0.616. The molecule has 0 spiro atoms. The van der Waals surface area contributed by atoms with Crippen LogP contribution in [-0.4, -0.2) is 16.2 Å². The molecule has 0 radical (unpaired) electrons. The van der Waals surface area contributed by atoms with Crippen molar-refractivity contribution < 1.29 is 15.0 Å². The largest absolute Gasteiger partial charge is 0.506 e. The van der Waals surface area contributed by atoms with Crippen LogP contribution in [0.25, 0.3) is 0 Å². The van der Waals surface area contributed by atoms with Crippen molar-refractivity contribution >= 4 is 21.9 Å². The minimum atomic E-state index is -0.868. The third kappa shape index (κ3) is 3.22. The van der Waals surface area contributed by atoms with Crippen LogP contribution in [0.15, 0.2) is 16.6 Å². The summed E-state index contributed by atoms with van der Waals surface area (Å²) in [4.78, 5) is 10.8. The summed E-state index contributed by atoms with van der Waals surface area (Å²) >= 11 is 3.30. The molecule has 17 heavy (non-hydrogen) atoms. The predicted molar refractivity (Wildman–Crippen MR) is 70.5 cm³/mol. The van der Waals surface area contributed by atoms with E-state index in [1.807, 2.05) is 32.9 Å². The number of rotatable bonds is 4.